The first-order valence-corrected chi connectivity index (χ1v) is 9.82. The Labute approximate surface area is 175 Å². The number of hydrogen-bond acceptors (Lipinski definition) is 6. The average Bonchev–Trinajstić information content (AvgIpc) is 3.60. The van der Waals surface area contributed by atoms with Crippen molar-refractivity contribution in [2.75, 3.05) is 27.3 Å². The zero-order chi connectivity index (χ0) is 21.7. The van der Waals surface area contributed by atoms with Gasteiger partial charge in [-0.2, -0.15) is 0 Å². The van der Waals surface area contributed by atoms with Crippen LogP contribution in [0, 0.1) is 5.92 Å². The summed E-state index contributed by atoms with van der Waals surface area (Å²) >= 11 is 0. The van der Waals surface area contributed by atoms with E-state index in [4.69, 9.17) is 9.47 Å². The minimum absolute atomic E-state index is 0.0460. The van der Waals surface area contributed by atoms with Crippen LogP contribution in [-0.2, 0) is 4.74 Å². The Kier molecular flexibility index (Phi) is 6.66. The van der Waals surface area contributed by atoms with Crippen LogP contribution in [-0.4, -0.2) is 50.1 Å². The molecule has 1 heterocycles. The van der Waals surface area contributed by atoms with Gasteiger partial charge in [0.05, 0.1) is 14.2 Å². The summed E-state index contributed by atoms with van der Waals surface area (Å²) in [4.78, 5) is 41.7. The maximum Gasteiger partial charge on any atom is 0.357 e. The van der Waals surface area contributed by atoms with E-state index < -0.39 is 5.97 Å². The smallest absolute Gasteiger partial charge is 0.357 e. The Balaban J connectivity index is 2.06. The Morgan fingerprint density at radius 2 is 1.80 bits per heavy atom. The SMILES string of the molecule is CCNC(=O)c1ccc(OC)cc1-c1ccc(C(=O)NCC2CC2)nc1C(=O)OC. The molecule has 1 aliphatic carbocycles. The molecule has 0 unspecified atom stereocenters. The number of methoxy groups -OCH3 is 2. The van der Waals surface area contributed by atoms with E-state index in [1.54, 1.807) is 24.3 Å². The summed E-state index contributed by atoms with van der Waals surface area (Å²) < 4.78 is 10.2. The van der Waals surface area contributed by atoms with Crippen molar-refractivity contribution in [3.63, 3.8) is 0 Å². The van der Waals surface area contributed by atoms with Gasteiger partial charge in [-0.1, -0.05) is 0 Å². The van der Waals surface area contributed by atoms with Crippen molar-refractivity contribution in [2.45, 2.75) is 19.8 Å². The Morgan fingerprint density at radius 3 is 2.43 bits per heavy atom. The molecule has 2 aromatic rings. The lowest BCUT2D eigenvalue weighted by Gasteiger charge is -2.14. The van der Waals surface area contributed by atoms with Crippen LogP contribution in [0.3, 0.4) is 0 Å². The van der Waals surface area contributed by atoms with E-state index in [0.717, 1.165) is 12.8 Å². The van der Waals surface area contributed by atoms with Gasteiger partial charge in [-0.15, -0.1) is 0 Å². The molecule has 2 N–H and O–H groups in total. The minimum atomic E-state index is -0.702. The molecular weight excluding hydrogens is 386 g/mol. The number of carbonyl (C=O) groups excluding carboxylic acids is 3. The lowest BCUT2D eigenvalue weighted by Crippen LogP contribution is -2.27. The molecule has 1 aromatic carbocycles. The van der Waals surface area contributed by atoms with Gasteiger partial charge in [0, 0.05) is 29.8 Å². The molecule has 1 saturated carbocycles. The van der Waals surface area contributed by atoms with Crippen LogP contribution in [0.1, 0.15) is 51.1 Å². The van der Waals surface area contributed by atoms with Gasteiger partial charge in [0.15, 0.2) is 5.69 Å². The number of carbonyl (C=O) groups is 3. The first-order chi connectivity index (χ1) is 14.5. The van der Waals surface area contributed by atoms with Gasteiger partial charge >= 0.3 is 5.97 Å². The maximum absolute atomic E-state index is 12.6. The summed E-state index contributed by atoms with van der Waals surface area (Å²) in [6, 6.07) is 8.07. The summed E-state index contributed by atoms with van der Waals surface area (Å²) in [6.45, 7) is 2.86. The highest BCUT2D eigenvalue weighted by Crippen LogP contribution is 2.31. The van der Waals surface area contributed by atoms with Crippen molar-refractivity contribution < 1.29 is 23.9 Å². The lowest BCUT2D eigenvalue weighted by atomic mass is 9.96. The molecule has 158 valence electrons. The standard InChI is InChI=1S/C22H25N3O5/c1-4-23-20(26)16-8-7-14(29-2)11-17(16)15-9-10-18(25-19(15)22(28)30-3)21(27)24-12-13-5-6-13/h7-11,13H,4-6,12H2,1-3H3,(H,23,26)(H,24,27). The summed E-state index contributed by atoms with van der Waals surface area (Å²) in [5.41, 5.74) is 1.26. The summed E-state index contributed by atoms with van der Waals surface area (Å²) in [7, 11) is 2.75. The second kappa shape index (κ2) is 9.39. The van der Waals surface area contributed by atoms with E-state index >= 15 is 0 Å². The predicted molar refractivity (Wildman–Crippen MR) is 111 cm³/mol. The number of benzene rings is 1. The third-order valence-electron chi connectivity index (χ3n) is 4.85. The van der Waals surface area contributed by atoms with E-state index in [1.807, 2.05) is 6.92 Å². The van der Waals surface area contributed by atoms with Crippen LogP contribution >= 0.6 is 0 Å². The van der Waals surface area contributed by atoms with Crippen molar-refractivity contribution in [2.24, 2.45) is 5.92 Å². The van der Waals surface area contributed by atoms with Crippen molar-refractivity contribution in [1.29, 1.82) is 0 Å². The van der Waals surface area contributed by atoms with Gasteiger partial charge in [-0.05, 0) is 56.0 Å². The number of ether oxygens (including phenoxy) is 2. The van der Waals surface area contributed by atoms with Crippen LogP contribution in [0.25, 0.3) is 11.1 Å². The van der Waals surface area contributed by atoms with Crippen LogP contribution in [0.5, 0.6) is 5.75 Å². The average molecular weight is 411 g/mol. The van der Waals surface area contributed by atoms with Gasteiger partial charge in [0.2, 0.25) is 0 Å². The molecule has 2 amide bonds. The third kappa shape index (κ3) is 4.76. The van der Waals surface area contributed by atoms with Crippen LogP contribution in [0.4, 0.5) is 0 Å². The van der Waals surface area contributed by atoms with Crippen LogP contribution in [0.2, 0.25) is 0 Å². The molecule has 0 saturated heterocycles. The number of amides is 2. The molecule has 0 bridgehead atoms. The van der Waals surface area contributed by atoms with Crippen molar-refractivity contribution in [1.82, 2.24) is 15.6 Å². The minimum Gasteiger partial charge on any atom is -0.497 e. The summed E-state index contributed by atoms with van der Waals surface area (Å²) in [6.07, 6.45) is 2.22. The molecule has 0 aliphatic heterocycles. The topological polar surface area (TPSA) is 107 Å². The molecular formula is C22H25N3O5. The van der Waals surface area contributed by atoms with E-state index in [1.165, 1.54) is 20.3 Å². The number of rotatable bonds is 8. The van der Waals surface area contributed by atoms with Crippen molar-refractivity contribution in [3.8, 4) is 16.9 Å². The van der Waals surface area contributed by atoms with E-state index in [-0.39, 0.29) is 23.2 Å². The predicted octanol–water partition coefficient (Wildman–Crippen LogP) is 2.43. The second-order valence-electron chi connectivity index (χ2n) is 7.01. The summed E-state index contributed by atoms with van der Waals surface area (Å²) in [5.74, 6) is -0.318. The fourth-order valence-corrected chi connectivity index (χ4v) is 3.03. The quantitative estimate of drug-likeness (QED) is 0.646. The molecule has 1 fully saturated rings. The van der Waals surface area contributed by atoms with Crippen LogP contribution in [0.15, 0.2) is 30.3 Å². The molecule has 1 aliphatic rings. The molecule has 1 aromatic heterocycles. The zero-order valence-corrected chi connectivity index (χ0v) is 17.3. The number of esters is 1. The largest absolute Gasteiger partial charge is 0.497 e. The molecule has 0 spiro atoms. The van der Waals surface area contributed by atoms with Crippen LogP contribution < -0.4 is 15.4 Å². The first kappa shape index (κ1) is 21.3. The van der Waals surface area contributed by atoms with Gasteiger partial charge in [-0.3, -0.25) is 9.59 Å². The molecule has 8 heteroatoms. The fraction of sp³-hybridized carbons (Fsp3) is 0.364. The molecule has 3 rings (SSSR count). The van der Waals surface area contributed by atoms with Gasteiger partial charge < -0.3 is 20.1 Å². The Hall–Kier alpha value is -3.42. The van der Waals surface area contributed by atoms with E-state index in [2.05, 4.69) is 15.6 Å². The van der Waals surface area contributed by atoms with E-state index in [0.29, 0.717) is 41.4 Å². The number of pyridine rings is 1. The molecule has 30 heavy (non-hydrogen) atoms. The Bertz CT molecular complexity index is 969. The monoisotopic (exact) mass is 411 g/mol. The molecule has 0 radical (unpaired) electrons. The maximum atomic E-state index is 12.6. The number of aromatic nitrogens is 1. The van der Waals surface area contributed by atoms with Crippen molar-refractivity contribution in [3.05, 3.63) is 47.3 Å². The number of hydrogen-bond donors (Lipinski definition) is 2. The second-order valence-corrected chi connectivity index (χ2v) is 7.01. The lowest BCUT2D eigenvalue weighted by molar-refractivity contribution is 0.0594. The highest BCUT2D eigenvalue weighted by Gasteiger charge is 2.25. The third-order valence-corrected chi connectivity index (χ3v) is 4.85. The molecule has 8 nitrogen and oxygen atoms in total. The molecule has 0 atom stereocenters. The fourth-order valence-electron chi connectivity index (χ4n) is 3.03. The summed E-state index contributed by atoms with van der Waals surface area (Å²) in [5, 5.41) is 5.59. The number of nitrogens with one attached hydrogen (secondary N) is 2. The Morgan fingerprint density at radius 1 is 1.03 bits per heavy atom. The van der Waals surface area contributed by atoms with Crippen molar-refractivity contribution >= 4 is 17.8 Å². The number of nitrogens with zero attached hydrogens (tertiary/aromatic N) is 1. The first-order valence-electron chi connectivity index (χ1n) is 9.82. The van der Waals surface area contributed by atoms with Gasteiger partial charge in [0.1, 0.15) is 11.4 Å². The highest BCUT2D eigenvalue weighted by molar-refractivity contribution is 6.05. The van der Waals surface area contributed by atoms with Gasteiger partial charge in [0.25, 0.3) is 11.8 Å². The highest BCUT2D eigenvalue weighted by atomic mass is 16.5. The van der Waals surface area contributed by atoms with Gasteiger partial charge in [-0.25, -0.2) is 9.78 Å². The normalized spacial score (nSPS) is 12.8. The zero-order valence-electron chi connectivity index (χ0n) is 17.3. The van der Waals surface area contributed by atoms with E-state index in [9.17, 15) is 14.4 Å².